The van der Waals surface area contributed by atoms with Gasteiger partial charge in [0, 0.05) is 46.4 Å². The predicted octanol–water partition coefficient (Wildman–Crippen LogP) is 3.30. The molecule has 2 aromatic rings. The molecule has 4 heterocycles. The van der Waals surface area contributed by atoms with E-state index in [0.717, 1.165) is 41.3 Å². The minimum absolute atomic E-state index is 0.0154. The average molecular weight is 476 g/mol. The molecular weight excluding hydrogens is 442 g/mol. The molecule has 0 aliphatic carbocycles. The molecule has 1 amide bonds. The SMILES string of the molecule is C=C1[C@H](Oc2ccc(C(C)=NC=C(C)C)nc2)CCN1c1cnc(N2CC(C(=O)N(C)C)C2)nc1. The lowest BCUT2D eigenvalue weighted by molar-refractivity contribution is -0.133. The number of hydrogen-bond donors (Lipinski definition) is 0. The molecule has 1 atom stereocenters. The number of aromatic nitrogens is 3. The normalized spacial score (nSPS) is 18.4. The number of carbonyl (C=O) groups excluding carboxylic acids is 1. The van der Waals surface area contributed by atoms with Crippen LogP contribution >= 0.6 is 0 Å². The molecule has 0 saturated carbocycles. The van der Waals surface area contributed by atoms with Gasteiger partial charge in [-0.25, -0.2) is 9.97 Å². The molecule has 0 spiro atoms. The predicted molar refractivity (Wildman–Crippen MR) is 138 cm³/mol. The first kappa shape index (κ1) is 24.4. The van der Waals surface area contributed by atoms with Gasteiger partial charge in [0.05, 0.1) is 47.3 Å². The summed E-state index contributed by atoms with van der Waals surface area (Å²) < 4.78 is 6.17. The number of nitrogens with zero attached hydrogens (tertiary/aromatic N) is 7. The van der Waals surface area contributed by atoms with Crippen molar-refractivity contribution in [2.24, 2.45) is 10.9 Å². The number of ether oxygens (including phenoxy) is 1. The van der Waals surface area contributed by atoms with Crippen molar-refractivity contribution in [3.8, 4) is 5.75 Å². The third kappa shape index (κ3) is 5.50. The molecule has 35 heavy (non-hydrogen) atoms. The van der Waals surface area contributed by atoms with Crippen molar-refractivity contribution in [2.75, 3.05) is 43.5 Å². The molecule has 2 saturated heterocycles. The minimum atomic E-state index is -0.143. The van der Waals surface area contributed by atoms with E-state index < -0.39 is 0 Å². The summed E-state index contributed by atoms with van der Waals surface area (Å²) in [6.07, 6.45) is 7.84. The fourth-order valence-electron chi connectivity index (χ4n) is 4.05. The van der Waals surface area contributed by atoms with Crippen molar-refractivity contribution in [2.45, 2.75) is 33.3 Å². The second kappa shape index (κ2) is 10.2. The van der Waals surface area contributed by atoms with Gasteiger partial charge in [0.2, 0.25) is 11.9 Å². The Morgan fingerprint density at radius 3 is 2.46 bits per heavy atom. The maximum Gasteiger partial charge on any atom is 0.228 e. The first-order valence-corrected chi connectivity index (χ1v) is 11.8. The van der Waals surface area contributed by atoms with Crippen LogP contribution in [0.1, 0.15) is 32.9 Å². The standard InChI is InChI=1S/C26H33N7O2/c1-17(2)11-27-18(3)23-8-7-22(14-28-23)35-24-9-10-33(19(24)4)21-12-29-26(30-13-21)32-15-20(16-32)25(34)31(5)6/h7-8,11-14,20,24H,4,9-10,15-16H2,1-3,5-6H3/t24-/m1/s1. The average Bonchev–Trinajstić information content (AvgIpc) is 3.17. The lowest BCUT2D eigenvalue weighted by Gasteiger charge is -2.39. The van der Waals surface area contributed by atoms with E-state index in [-0.39, 0.29) is 17.9 Å². The highest BCUT2D eigenvalue weighted by molar-refractivity contribution is 5.97. The molecule has 0 bridgehead atoms. The van der Waals surface area contributed by atoms with Gasteiger partial charge in [-0.2, -0.15) is 0 Å². The van der Waals surface area contributed by atoms with E-state index in [1.165, 1.54) is 0 Å². The summed E-state index contributed by atoms with van der Waals surface area (Å²) >= 11 is 0. The monoisotopic (exact) mass is 475 g/mol. The quantitative estimate of drug-likeness (QED) is 0.568. The van der Waals surface area contributed by atoms with E-state index in [1.807, 2.05) is 56.4 Å². The maximum atomic E-state index is 12.0. The van der Waals surface area contributed by atoms with Crippen molar-refractivity contribution in [1.29, 1.82) is 0 Å². The topological polar surface area (TPSA) is 87.1 Å². The van der Waals surface area contributed by atoms with Gasteiger partial charge in [-0.3, -0.25) is 14.8 Å². The van der Waals surface area contributed by atoms with E-state index in [9.17, 15) is 4.79 Å². The van der Waals surface area contributed by atoms with Crippen molar-refractivity contribution in [3.63, 3.8) is 0 Å². The van der Waals surface area contributed by atoms with Crippen LogP contribution in [0.5, 0.6) is 5.75 Å². The third-order valence-electron chi connectivity index (χ3n) is 6.13. The summed E-state index contributed by atoms with van der Waals surface area (Å²) in [7, 11) is 3.56. The highest BCUT2D eigenvalue weighted by Crippen LogP contribution is 2.31. The molecular formula is C26H33N7O2. The number of pyridine rings is 1. The number of rotatable bonds is 7. The van der Waals surface area contributed by atoms with Crippen molar-refractivity contribution >= 4 is 23.3 Å². The first-order chi connectivity index (χ1) is 16.7. The van der Waals surface area contributed by atoms with E-state index >= 15 is 0 Å². The van der Waals surface area contributed by atoms with Crippen LogP contribution in [0.4, 0.5) is 11.6 Å². The number of hydrogen-bond acceptors (Lipinski definition) is 8. The molecule has 0 unspecified atom stereocenters. The van der Waals surface area contributed by atoms with Gasteiger partial charge in [0.15, 0.2) is 0 Å². The number of allylic oxidation sites excluding steroid dienone is 1. The van der Waals surface area contributed by atoms with E-state index in [2.05, 4.69) is 31.4 Å². The largest absolute Gasteiger partial charge is 0.483 e. The lowest BCUT2D eigenvalue weighted by atomic mass is 9.99. The first-order valence-electron chi connectivity index (χ1n) is 11.8. The van der Waals surface area contributed by atoms with Crippen LogP contribution in [0.3, 0.4) is 0 Å². The summed E-state index contributed by atoms with van der Waals surface area (Å²) in [4.78, 5) is 35.7. The summed E-state index contributed by atoms with van der Waals surface area (Å²) in [5.74, 6) is 1.50. The molecule has 2 aromatic heterocycles. The third-order valence-corrected chi connectivity index (χ3v) is 6.13. The van der Waals surface area contributed by atoms with Gasteiger partial charge in [-0.15, -0.1) is 0 Å². The summed E-state index contributed by atoms with van der Waals surface area (Å²) in [6, 6.07) is 3.83. The van der Waals surface area contributed by atoms with Gasteiger partial charge < -0.3 is 19.4 Å². The van der Waals surface area contributed by atoms with Crippen molar-refractivity contribution < 1.29 is 9.53 Å². The molecule has 2 aliphatic heterocycles. The van der Waals surface area contributed by atoms with E-state index in [4.69, 9.17) is 4.74 Å². The van der Waals surface area contributed by atoms with Crippen LogP contribution in [0, 0.1) is 5.92 Å². The van der Waals surface area contributed by atoms with Crippen LogP contribution in [0.15, 0.2) is 59.8 Å². The highest BCUT2D eigenvalue weighted by Gasteiger charge is 2.35. The maximum absolute atomic E-state index is 12.0. The van der Waals surface area contributed by atoms with Crippen LogP contribution in [0.25, 0.3) is 0 Å². The Labute approximate surface area is 206 Å². The summed E-state index contributed by atoms with van der Waals surface area (Å²) in [6.45, 7) is 12.3. The summed E-state index contributed by atoms with van der Waals surface area (Å²) in [5.41, 5.74) is 4.56. The van der Waals surface area contributed by atoms with E-state index in [1.54, 1.807) is 25.2 Å². The van der Waals surface area contributed by atoms with Crippen LogP contribution in [0.2, 0.25) is 0 Å². The zero-order chi connectivity index (χ0) is 25.1. The molecule has 9 nitrogen and oxygen atoms in total. The van der Waals surface area contributed by atoms with Gasteiger partial charge >= 0.3 is 0 Å². The smallest absolute Gasteiger partial charge is 0.228 e. The van der Waals surface area contributed by atoms with Gasteiger partial charge in [-0.05, 0) is 32.9 Å². The van der Waals surface area contributed by atoms with Crippen LogP contribution < -0.4 is 14.5 Å². The molecule has 0 N–H and O–H groups in total. The summed E-state index contributed by atoms with van der Waals surface area (Å²) in [5, 5.41) is 0. The highest BCUT2D eigenvalue weighted by atomic mass is 16.5. The Kier molecular flexibility index (Phi) is 7.14. The Balaban J connectivity index is 1.33. The Bertz CT molecular complexity index is 1130. The number of amides is 1. The Morgan fingerprint density at radius 1 is 1.14 bits per heavy atom. The zero-order valence-electron chi connectivity index (χ0n) is 21.1. The number of anilines is 2. The Morgan fingerprint density at radius 2 is 1.86 bits per heavy atom. The molecule has 0 radical (unpaired) electrons. The molecule has 0 aromatic carbocycles. The number of aliphatic imine (C=N–C) groups is 1. The van der Waals surface area contributed by atoms with Crippen LogP contribution in [-0.4, -0.2) is 71.3 Å². The molecule has 2 fully saturated rings. The lowest BCUT2D eigenvalue weighted by Crippen LogP contribution is -2.54. The minimum Gasteiger partial charge on any atom is -0.483 e. The van der Waals surface area contributed by atoms with Crippen molar-refractivity contribution in [1.82, 2.24) is 19.9 Å². The van der Waals surface area contributed by atoms with Crippen LogP contribution in [-0.2, 0) is 4.79 Å². The van der Waals surface area contributed by atoms with E-state index in [0.29, 0.717) is 24.8 Å². The van der Waals surface area contributed by atoms with Gasteiger partial charge in [0.25, 0.3) is 0 Å². The fraction of sp³-hybridized carbons (Fsp3) is 0.423. The van der Waals surface area contributed by atoms with Gasteiger partial charge in [0.1, 0.15) is 11.9 Å². The molecule has 2 aliphatic rings. The second-order valence-corrected chi connectivity index (χ2v) is 9.41. The molecule has 4 rings (SSSR count). The number of carbonyl (C=O) groups is 1. The molecule has 184 valence electrons. The zero-order valence-corrected chi connectivity index (χ0v) is 21.1. The molecule has 9 heteroatoms. The second-order valence-electron chi connectivity index (χ2n) is 9.41. The van der Waals surface area contributed by atoms with Crippen molar-refractivity contribution in [3.05, 3.63) is 60.5 Å². The van der Waals surface area contributed by atoms with Gasteiger partial charge in [-0.1, -0.05) is 12.2 Å². The fourth-order valence-corrected chi connectivity index (χ4v) is 4.05. The Hall–Kier alpha value is -3.75.